The van der Waals surface area contributed by atoms with Crippen LogP contribution in [-0.2, 0) is 0 Å². The minimum Gasteiger partial charge on any atom is -0.330 e. The smallest absolute Gasteiger partial charge is 0.00257 e. The molecule has 1 aromatic carbocycles. The number of nitrogens with two attached hydrogens (primary N) is 1. The average molecular weight is 203 g/mol. The Morgan fingerprint density at radius 1 is 1.20 bits per heavy atom. The van der Waals surface area contributed by atoms with Crippen LogP contribution in [0.15, 0.2) is 36.4 Å². The first-order valence-corrected chi connectivity index (χ1v) is 5.56. The van der Waals surface area contributed by atoms with Gasteiger partial charge in [-0.1, -0.05) is 56.3 Å². The Kier molecular flexibility index (Phi) is 4.57. The van der Waals surface area contributed by atoms with Crippen molar-refractivity contribution in [3.63, 3.8) is 0 Å². The summed E-state index contributed by atoms with van der Waals surface area (Å²) in [4.78, 5) is 0. The van der Waals surface area contributed by atoms with E-state index in [1.165, 1.54) is 5.56 Å². The van der Waals surface area contributed by atoms with Gasteiger partial charge in [-0.3, -0.25) is 0 Å². The molecule has 0 aromatic heterocycles. The minimum atomic E-state index is 0.265. The van der Waals surface area contributed by atoms with Crippen LogP contribution in [0.4, 0.5) is 0 Å². The molecule has 1 heteroatoms. The zero-order valence-electron chi connectivity index (χ0n) is 9.74. The zero-order valence-corrected chi connectivity index (χ0v) is 9.74. The lowest BCUT2D eigenvalue weighted by Gasteiger charge is -2.20. The van der Waals surface area contributed by atoms with Crippen molar-refractivity contribution in [2.75, 3.05) is 6.54 Å². The van der Waals surface area contributed by atoms with Gasteiger partial charge in [0.05, 0.1) is 0 Å². The molecule has 1 rings (SSSR count). The maximum Gasteiger partial charge on any atom is -0.00257 e. The Morgan fingerprint density at radius 3 is 2.47 bits per heavy atom. The van der Waals surface area contributed by atoms with Gasteiger partial charge in [-0.25, -0.2) is 0 Å². The van der Waals surface area contributed by atoms with Crippen molar-refractivity contribution in [2.24, 2.45) is 11.1 Å². The van der Waals surface area contributed by atoms with Crippen LogP contribution in [0.3, 0.4) is 0 Å². The summed E-state index contributed by atoms with van der Waals surface area (Å²) in [7, 11) is 0. The standard InChI is InChI=1S/C14H21N/c1-14(2,12-15)11-7-6-10-13-8-4-3-5-9-13/h3-6,8-10H,7,11-12,15H2,1-2H3/b10-6+. The maximum atomic E-state index is 5.68. The Morgan fingerprint density at radius 2 is 1.87 bits per heavy atom. The van der Waals surface area contributed by atoms with Gasteiger partial charge in [-0.05, 0) is 30.4 Å². The molecule has 82 valence electrons. The average Bonchev–Trinajstić information content (AvgIpc) is 2.26. The largest absolute Gasteiger partial charge is 0.330 e. The van der Waals surface area contributed by atoms with Crippen LogP contribution in [-0.4, -0.2) is 6.54 Å². The molecule has 0 aliphatic rings. The second-order valence-corrected chi connectivity index (χ2v) is 4.72. The third-order valence-corrected chi connectivity index (χ3v) is 2.65. The monoisotopic (exact) mass is 203 g/mol. The molecule has 0 aliphatic carbocycles. The summed E-state index contributed by atoms with van der Waals surface area (Å²) in [5.41, 5.74) is 7.21. The summed E-state index contributed by atoms with van der Waals surface area (Å²) >= 11 is 0. The number of allylic oxidation sites excluding steroid dienone is 1. The van der Waals surface area contributed by atoms with Crippen LogP contribution in [0, 0.1) is 5.41 Å². The molecule has 0 spiro atoms. The summed E-state index contributed by atoms with van der Waals surface area (Å²) in [6.07, 6.45) is 6.64. The summed E-state index contributed by atoms with van der Waals surface area (Å²) in [5.74, 6) is 0. The number of rotatable bonds is 5. The van der Waals surface area contributed by atoms with Gasteiger partial charge >= 0.3 is 0 Å². The van der Waals surface area contributed by atoms with Gasteiger partial charge in [-0.15, -0.1) is 0 Å². The lowest BCUT2D eigenvalue weighted by molar-refractivity contribution is 0.351. The molecule has 0 heterocycles. The van der Waals surface area contributed by atoms with E-state index in [0.717, 1.165) is 19.4 Å². The highest BCUT2D eigenvalue weighted by Crippen LogP contribution is 2.20. The van der Waals surface area contributed by atoms with E-state index >= 15 is 0 Å². The third-order valence-electron chi connectivity index (χ3n) is 2.65. The first kappa shape index (κ1) is 12.0. The summed E-state index contributed by atoms with van der Waals surface area (Å²) in [6, 6.07) is 10.4. The van der Waals surface area contributed by atoms with Gasteiger partial charge in [0.1, 0.15) is 0 Å². The molecule has 0 saturated carbocycles. The second-order valence-electron chi connectivity index (χ2n) is 4.72. The van der Waals surface area contributed by atoms with Crippen molar-refractivity contribution in [2.45, 2.75) is 26.7 Å². The van der Waals surface area contributed by atoms with E-state index in [9.17, 15) is 0 Å². The molecule has 0 amide bonds. The Balaban J connectivity index is 2.35. The molecule has 2 N–H and O–H groups in total. The van der Waals surface area contributed by atoms with E-state index in [0.29, 0.717) is 0 Å². The molecule has 0 saturated heterocycles. The van der Waals surface area contributed by atoms with E-state index < -0.39 is 0 Å². The third kappa shape index (κ3) is 4.80. The normalized spacial score (nSPS) is 12.2. The lowest BCUT2D eigenvalue weighted by atomic mass is 9.88. The molecule has 0 aliphatic heterocycles. The van der Waals surface area contributed by atoms with Crippen molar-refractivity contribution in [1.29, 1.82) is 0 Å². The van der Waals surface area contributed by atoms with E-state index in [2.05, 4.69) is 50.3 Å². The van der Waals surface area contributed by atoms with Crippen LogP contribution in [0.5, 0.6) is 0 Å². The second kappa shape index (κ2) is 5.72. The van der Waals surface area contributed by atoms with Crippen molar-refractivity contribution < 1.29 is 0 Å². The molecular formula is C14H21N. The molecule has 0 bridgehead atoms. The van der Waals surface area contributed by atoms with Gasteiger partial charge in [0.25, 0.3) is 0 Å². The van der Waals surface area contributed by atoms with Gasteiger partial charge in [0.15, 0.2) is 0 Å². The van der Waals surface area contributed by atoms with Gasteiger partial charge in [-0.2, -0.15) is 0 Å². The molecule has 0 radical (unpaired) electrons. The molecule has 1 nitrogen and oxygen atoms in total. The first-order chi connectivity index (χ1) is 7.14. The fraction of sp³-hybridized carbons (Fsp3) is 0.429. The first-order valence-electron chi connectivity index (χ1n) is 5.56. The van der Waals surface area contributed by atoms with Crippen LogP contribution >= 0.6 is 0 Å². The summed E-state index contributed by atoms with van der Waals surface area (Å²) in [5, 5.41) is 0. The highest BCUT2D eigenvalue weighted by atomic mass is 14.6. The van der Waals surface area contributed by atoms with Crippen molar-refractivity contribution in [3.05, 3.63) is 42.0 Å². The Labute approximate surface area is 93.0 Å². The van der Waals surface area contributed by atoms with Crippen molar-refractivity contribution in [3.8, 4) is 0 Å². The van der Waals surface area contributed by atoms with Crippen LogP contribution < -0.4 is 5.73 Å². The number of hydrogen-bond donors (Lipinski definition) is 1. The summed E-state index contributed by atoms with van der Waals surface area (Å²) < 4.78 is 0. The lowest BCUT2D eigenvalue weighted by Crippen LogP contribution is -2.22. The SMILES string of the molecule is CC(C)(CN)CC/C=C/c1ccccc1. The highest BCUT2D eigenvalue weighted by molar-refractivity contribution is 5.48. The molecule has 0 fully saturated rings. The van der Waals surface area contributed by atoms with E-state index in [1.807, 2.05) is 6.07 Å². The fourth-order valence-electron chi connectivity index (χ4n) is 1.36. The molecule has 15 heavy (non-hydrogen) atoms. The van der Waals surface area contributed by atoms with Crippen molar-refractivity contribution >= 4 is 6.08 Å². The predicted octanol–water partition coefficient (Wildman–Crippen LogP) is 3.46. The van der Waals surface area contributed by atoms with Crippen LogP contribution in [0.1, 0.15) is 32.3 Å². The topological polar surface area (TPSA) is 26.0 Å². The minimum absolute atomic E-state index is 0.265. The molecule has 0 atom stereocenters. The van der Waals surface area contributed by atoms with Gasteiger partial charge in [0.2, 0.25) is 0 Å². The van der Waals surface area contributed by atoms with E-state index in [4.69, 9.17) is 5.73 Å². The maximum absolute atomic E-state index is 5.68. The number of benzene rings is 1. The van der Waals surface area contributed by atoms with Gasteiger partial charge < -0.3 is 5.73 Å². The molecule has 1 aromatic rings. The fourth-order valence-corrected chi connectivity index (χ4v) is 1.36. The van der Waals surface area contributed by atoms with Crippen LogP contribution in [0.2, 0.25) is 0 Å². The zero-order chi connectivity index (χ0) is 11.1. The predicted molar refractivity (Wildman–Crippen MR) is 67.5 cm³/mol. The van der Waals surface area contributed by atoms with E-state index in [1.54, 1.807) is 0 Å². The molecular weight excluding hydrogens is 182 g/mol. The number of hydrogen-bond acceptors (Lipinski definition) is 1. The van der Waals surface area contributed by atoms with Crippen LogP contribution in [0.25, 0.3) is 6.08 Å². The molecule has 0 unspecified atom stereocenters. The van der Waals surface area contributed by atoms with Gasteiger partial charge in [0, 0.05) is 0 Å². The highest BCUT2D eigenvalue weighted by Gasteiger charge is 2.13. The Hall–Kier alpha value is -1.08. The quantitative estimate of drug-likeness (QED) is 0.779. The Bertz CT molecular complexity index is 298. The van der Waals surface area contributed by atoms with Crippen molar-refractivity contribution in [1.82, 2.24) is 0 Å². The van der Waals surface area contributed by atoms with E-state index in [-0.39, 0.29) is 5.41 Å². The summed E-state index contributed by atoms with van der Waals surface area (Å²) in [6.45, 7) is 5.18.